The summed E-state index contributed by atoms with van der Waals surface area (Å²) < 4.78 is 5.13. The van der Waals surface area contributed by atoms with Crippen molar-refractivity contribution in [3.63, 3.8) is 0 Å². The van der Waals surface area contributed by atoms with Crippen molar-refractivity contribution in [3.8, 4) is 11.5 Å². The van der Waals surface area contributed by atoms with Crippen molar-refractivity contribution in [2.24, 2.45) is 0 Å². The highest BCUT2D eigenvalue weighted by atomic mass is 16.5. The molecule has 0 atom stereocenters. The fourth-order valence-corrected chi connectivity index (χ4v) is 2.96. The van der Waals surface area contributed by atoms with Gasteiger partial charge in [-0.15, -0.1) is 0 Å². The van der Waals surface area contributed by atoms with Crippen molar-refractivity contribution in [1.29, 1.82) is 0 Å². The lowest BCUT2D eigenvalue weighted by atomic mass is 10.1. The van der Waals surface area contributed by atoms with E-state index in [0.29, 0.717) is 23.8 Å². The first-order valence-corrected chi connectivity index (χ1v) is 8.72. The van der Waals surface area contributed by atoms with Crippen molar-refractivity contribution in [3.05, 3.63) is 77.7 Å². The smallest absolute Gasteiger partial charge is 0.257 e. The normalized spacial score (nSPS) is 10.9. The number of nitrogens with one attached hydrogen (secondary N) is 1. The second-order valence-electron chi connectivity index (χ2n) is 6.22. The molecule has 0 aliphatic carbocycles. The number of pyridine rings is 1. The molecular weight excluding hydrogens is 340 g/mol. The number of fused-ring (bicyclic) bond motifs is 1. The Labute approximate surface area is 156 Å². The molecule has 27 heavy (non-hydrogen) atoms. The minimum atomic E-state index is -0.114. The summed E-state index contributed by atoms with van der Waals surface area (Å²) in [6.45, 7) is 2.30. The molecule has 1 N–H and O–H groups in total. The molecule has 0 unspecified atom stereocenters. The number of aryl methyl sites for hydroxylation is 1. The minimum Gasteiger partial charge on any atom is -0.352 e. The number of rotatable bonds is 5. The van der Waals surface area contributed by atoms with Crippen molar-refractivity contribution in [2.45, 2.75) is 13.3 Å². The maximum Gasteiger partial charge on any atom is 0.257 e. The summed E-state index contributed by atoms with van der Waals surface area (Å²) in [5.74, 6) is 0.911. The van der Waals surface area contributed by atoms with Crippen LogP contribution in [0.3, 0.4) is 0 Å². The lowest BCUT2D eigenvalue weighted by Gasteiger charge is -2.08. The van der Waals surface area contributed by atoms with E-state index in [1.54, 1.807) is 37.4 Å². The predicted octanol–water partition coefficient (Wildman–Crippen LogP) is 3.57. The Kier molecular flexibility index (Phi) is 4.61. The van der Waals surface area contributed by atoms with Gasteiger partial charge in [0.1, 0.15) is 0 Å². The number of para-hydroxylation sites is 1. The third kappa shape index (κ3) is 3.69. The van der Waals surface area contributed by atoms with Crippen LogP contribution in [0.5, 0.6) is 0 Å². The molecule has 134 valence electrons. The molecule has 0 saturated heterocycles. The van der Waals surface area contributed by atoms with E-state index in [1.807, 2.05) is 30.3 Å². The van der Waals surface area contributed by atoms with Gasteiger partial charge < -0.3 is 9.84 Å². The topological polar surface area (TPSA) is 80.9 Å². The van der Waals surface area contributed by atoms with E-state index < -0.39 is 0 Å². The van der Waals surface area contributed by atoms with Crippen LogP contribution in [-0.4, -0.2) is 27.6 Å². The molecule has 0 aliphatic rings. The van der Waals surface area contributed by atoms with Gasteiger partial charge in [-0.25, -0.2) is 0 Å². The lowest BCUT2D eigenvalue weighted by Crippen LogP contribution is -2.25. The summed E-state index contributed by atoms with van der Waals surface area (Å²) in [5, 5.41) is 7.83. The zero-order valence-electron chi connectivity index (χ0n) is 14.8. The first kappa shape index (κ1) is 16.9. The fourth-order valence-electron chi connectivity index (χ4n) is 2.96. The average Bonchev–Trinajstić information content (AvgIpc) is 3.14. The highest BCUT2D eigenvalue weighted by Gasteiger charge is 2.09. The van der Waals surface area contributed by atoms with Crippen molar-refractivity contribution < 1.29 is 9.32 Å². The van der Waals surface area contributed by atoms with E-state index >= 15 is 0 Å². The molecule has 2 aromatic carbocycles. The van der Waals surface area contributed by atoms with Crippen molar-refractivity contribution in [2.75, 3.05) is 6.54 Å². The van der Waals surface area contributed by atoms with Gasteiger partial charge in [-0.1, -0.05) is 29.4 Å². The third-order valence-corrected chi connectivity index (χ3v) is 4.32. The van der Waals surface area contributed by atoms with E-state index in [-0.39, 0.29) is 5.91 Å². The van der Waals surface area contributed by atoms with Gasteiger partial charge in [0.25, 0.3) is 11.8 Å². The summed E-state index contributed by atoms with van der Waals surface area (Å²) in [7, 11) is 0. The van der Waals surface area contributed by atoms with Crippen LogP contribution in [0.4, 0.5) is 0 Å². The summed E-state index contributed by atoms with van der Waals surface area (Å²) in [4.78, 5) is 21.0. The molecule has 0 spiro atoms. The van der Waals surface area contributed by atoms with E-state index in [0.717, 1.165) is 28.5 Å². The molecule has 1 amide bonds. The first-order chi connectivity index (χ1) is 13.2. The first-order valence-electron chi connectivity index (χ1n) is 8.72. The number of carbonyl (C=O) groups excluding carboxylic acids is 1. The van der Waals surface area contributed by atoms with Crippen LogP contribution in [0.1, 0.15) is 21.7 Å². The molecule has 6 nitrogen and oxygen atoms in total. The minimum absolute atomic E-state index is 0.114. The molecule has 6 heteroatoms. The second-order valence-corrected chi connectivity index (χ2v) is 6.22. The van der Waals surface area contributed by atoms with Gasteiger partial charge in [-0.2, -0.15) is 4.98 Å². The molecule has 2 aromatic heterocycles. The molecular formula is C21H18N4O2. The molecule has 0 aliphatic heterocycles. The van der Waals surface area contributed by atoms with Crippen LogP contribution in [-0.2, 0) is 6.42 Å². The van der Waals surface area contributed by atoms with Gasteiger partial charge in [0.2, 0.25) is 0 Å². The number of amides is 1. The average molecular weight is 358 g/mol. The Bertz CT molecular complexity index is 1080. The SMILES string of the molecule is Cc1noc(-c2ccc(C(=O)NCCc3cccc4cccnc34)cc2)n1. The Morgan fingerprint density at radius 3 is 2.67 bits per heavy atom. The van der Waals surface area contributed by atoms with Crippen molar-refractivity contribution in [1.82, 2.24) is 20.4 Å². The molecule has 4 aromatic rings. The molecule has 0 fully saturated rings. The van der Waals surface area contributed by atoms with Gasteiger partial charge >= 0.3 is 0 Å². The van der Waals surface area contributed by atoms with Crippen molar-refractivity contribution >= 4 is 16.8 Å². The Morgan fingerprint density at radius 2 is 1.89 bits per heavy atom. The van der Waals surface area contributed by atoms with Crippen LogP contribution in [0, 0.1) is 6.92 Å². The lowest BCUT2D eigenvalue weighted by molar-refractivity contribution is 0.0954. The highest BCUT2D eigenvalue weighted by molar-refractivity contribution is 5.94. The second kappa shape index (κ2) is 7.37. The summed E-state index contributed by atoms with van der Waals surface area (Å²) in [6, 6.07) is 17.2. The van der Waals surface area contributed by atoms with Crippen LogP contribution in [0.25, 0.3) is 22.4 Å². The maximum absolute atomic E-state index is 12.4. The fraction of sp³-hybridized carbons (Fsp3) is 0.143. The van der Waals surface area contributed by atoms with Gasteiger partial charge in [-0.3, -0.25) is 9.78 Å². The monoisotopic (exact) mass is 358 g/mol. The summed E-state index contributed by atoms with van der Waals surface area (Å²) in [6.07, 6.45) is 2.51. The predicted molar refractivity (Wildman–Crippen MR) is 102 cm³/mol. The van der Waals surface area contributed by atoms with Crippen LogP contribution in [0.2, 0.25) is 0 Å². The molecule has 0 radical (unpaired) electrons. The quantitative estimate of drug-likeness (QED) is 0.590. The van der Waals surface area contributed by atoms with Crippen LogP contribution in [0.15, 0.2) is 65.3 Å². The Balaban J connectivity index is 1.39. The standard InChI is InChI=1S/C21H18N4O2/c1-14-24-21(27-25-14)18-9-7-17(8-10-18)20(26)23-13-11-16-5-2-4-15-6-3-12-22-19(15)16/h2-10,12H,11,13H2,1H3,(H,23,26). The Morgan fingerprint density at radius 1 is 1.07 bits per heavy atom. The van der Waals surface area contributed by atoms with E-state index in [4.69, 9.17) is 4.52 Å². The number of aromatic nitrogens is 3. The molecule has 0 saturated carbocycles. The number of nitrogens with zero attached hydrogens (tertiary/aromatic N) is 3. The Hall–Kier alpha value is -3.54. The van der Waals surface area contributed by atoms with Crippen LogP contribution >= 0.6 is 0 Å². The van der Waals surface area contributed by atoms with Gasteiger partial charge in [0.15, 0.2) is 5.82 Å². The zero-order chi connectivity index (χ0) is 18.6. The van der Waals surface area contributed by atoms with Gasteiger partial charge in [0.05, 0.1) is 5.52 Å². The number of carbonyl (C=O) groups is 1. The van der Waals surface area contributed by atoms with E-state index in [2.05, 4.69) is 20.4 Å². The largest absolute Gasteiger partial charge is 0.352 e. The molecule has 4 rings (SSSR count). The number of benzene rings is 2. The maximum atomic E-state index is 12.4. The highest BCUT2D eigenvalue weighted by Crippen LogP contribution is 2.18. The summed E-state index contributed by atoms with van der Waals surface area (Å²) >= 11 is 0. The number of hydrogen-bond acceptors (Lipinski definition) is 5. The van der Waals surface area contributed by atoms with E-state index in [1.165, 1.54) is 0 Å². The third-order valence-electron chi connectivity index (χ3n) is 4.32. The van der Waals surface area contributed by atoms with Gasteiger partial charge in [0, 0.05) is 29.3 Å². The zero-order valence-corrected chi connectivity index (χ0v) is 14.8. The number of hydrogen-bond donors (Lipinski definition) is 1. The van der Waals surface area contributed by atoms with Crippen LogP contribution < -0.4 is 5.32 Å². The van der Waals surface area contributed by atoms with Gasteiger partial charge in [-0.05, 0) is 49.2 Å². The van der Waals surface area contributed by atoms with E-state index in [9.17, 15) is 4.79 Å². The summed E-state index contributed by atoms with van der Waals surface area (Å²) in [5.41, 5.74) is 3.48. The molecule has 2 heterocycles. The molecule has 0 bridgehead atoms.